The van der Waals surface area contributed by atoms with Crippen molar-refractivity contribution in [2.45, 2.75) is 12.7 Å². The van der Waals surface area contributed by atoms with Crippen molar-refractivity contribution in [3.8, 4) is 11.8 Å². The van der Waals surface area contributed by atoms with Gasteiger partial charge in [0.05, 0.1) is 6.07 Å². The number of aliphatic hydroxyl groups is 1. The fourth-order valence-corrected chi connectivity index (χ4v) is 1.68. The molecule has 2 aromatic carbocycles. The van der Waals surface area contributed by atoms with Crippen LogP contribution in [0.5, 0.6) is 5.75 Å². The van der Waals surface area contributed by atoms with Crippen LogP contribution in [0.2, 0.25) is 0 Å². The smallest absolute Gasteiger partial charge is 0.166 e. The van der Waals surface area contributed by atoms with Gasteiger partial charge in [-0.2, -0.15) is 5.26 Å². The summed E-state index contributed by atoms with van der Waals surface area (Å²) in [5.74, 6) is 0.763. The second-order valence-electron chi connectivity index (χ2n) is 3.83. The first kappa shape index (κ1) is 12.2. The number of hydrogen-bond acceptors (Lipinski definition) is 3. The summed E-state index contributed by atoms with van der Waals surface area (Å²) in [5, 5.41) is 18.3. The molecule has 0 fully saturated rings. The Bertz CT molecular complexity index is 546. The second-order valence-corrected chi connectivity index (χ2v) is 3.83. The highest BCUT2D eigenvalue weighted by Gasteiger charge is 2.10. The summed E-state index contributed by atoms with van der Waals surface area (Å²) in [4.78, 5) is 0. The van der Waals surface area contributed by atoms with Gasteiger partial charge in [0.2, 0.25) is 0 Å². The summed E-state index contributed by atoms with van der Waals surface area (Å²) >= 11 is 0. The number of hydrogen-bond donors (Lipinski definition) is 1. The van der Waals surface area contributed by atoms with Gasteiger partial charge < -0.3 is 9.84 Å². The maximum atomic E-state index is 9.59. The Hall–Kier alpha value is -2.31. The third-order valence-corrected chi connectivity index (χ3v) is 2.61. The Morgan fingerprint density at radius 2 is 1.72 bits per heavy atom. The van der Waals surface area contributed by atoms with Crippen molar-refractivity contribution in [2.75, 3.05) is 0 Å². The lowest BCUT2D eigenvalue weighted by Crippen LogP contribution is -2.03. The molecule has 0 aliphatic carbocycles. The molecule has 0 amide bonds. The molecule has 2 aromatic rings. The minimum absolute atomic E-state index is 0.332. The van der Waals surface area contributed by atoms with Crippen LogP contribution in [-0.4, -0.2) is 5.11 Å². The van der Waals surface area contributed by atoms with Gasteiger partial charge in [0.15, 0.2) is 6.10 Å². The van der Waals surface area contributed by atoms with E-state index in [2.05, 4.69) is 0 Å². The third kappa shape index (κ3) is 2.88. The van der Waals surface area contributed by atoms with Gasteiger partial charge in [-0.05, 0) is 17.7 Å². The Morgan fingerprint density at radius 1 is 1.06 bits per heavy atom. The Balaban J connectivity index is 2.13. The maximum Gasteiger partial charge on any atom is 0.166 e. The van der Waals surface area contributed by atoms with Crippen molar-refractivity contribution in [3.05, 3.63) is 65.7 Å². The molecule has 0 aliphatic heterocycles. The molecule has 0 aromatic heterocycles. The first-order chi connectivity index (χ1) is 8.81. The van der Waals surface area contributed by atoms with Crippen molar-refractivity contribution < 1.29 is 9.84 Å². The quantitative estimate of drug-likeness (QED) is 0.835. The number of ether oxygens (including phenoxy) is 1. The first-order valence-corrected chi connectivity index (χ1v) is 5.64. The van der Waals surface area contributed by atoms with E-state index >= 15 is 0 Å². The molecule has 3 heteroatoms. The average Bonchev–Trinajstić information content (AvgIpc) is 2.45. The van der Waals surface area contributed by atoms with Crippen LogP contribution in [0.15, 0.2) is 54.6 Å². The number of benzene rings is 2. The fourth-order valence-electron chi connectivity index (χ4n) is 1.68. The van der Waals surface area contributed by atoms with Crippen LogP contribution < -0.4 is 4.74 Å². The van der Waals surface area contributed by atoms with Gasteiger partial charge in [-0.3, -0.25) is 0 Å². The van der Waals surface area contributed by atoms with Crippen molar-refractivity contribution in [3.63, 3.8) is 0 Å². The summed E-state index contributed by atoms with van der Waals surface area (Å²) in [5.41, 5.74) is 1.41. The molecule has 0 unspecified atom stereocenters. The van der Waals surface area contributed by atoms with Gasteiger partial charge in [-0.1, -0.05) is 42.5 Å². The molecule has 18 heavy (non-hydrogen) atoms. The molecule has 1 atom stereocenters. The van der Waals surface area contributed by atoms with Crippen molar-refractivity contribution in [1.29, 1.82) is 5.26 Å². The van der Waals surface area contributed by atoms with Crippen LogP contribution in [0.4, 0.5) is 0 Å². The summed E-state index contributed by atoms with van der Waals surface area (Å²) < 4.78 is 5.61. The highest BCUT2D eigenvalue weighted by Crippen LogP contribution is 2.19. The molecule has 0 bridgehead atoms. The number of nitrogens with zero attached hydrogens (tertiary/aromatic N) is 1. The minimum Gasteiger partial charge on any atom is -0.489 e. The van der Waals surface area contributed by atoms with Gasteiger partial charge in [0.25, 0.3) is 0 Å². The predicted molar refractivity (Wildman–Crippen MR) is 67.8 cm³/mol. The number of nitriles is 1. The molecule has 0 saturated carbocycles. The van der Waals surface area contributed by atoms with Gasteiger partial charge in [-0.15, -0.1) is 0 Å². The summed E-state index contributed by atoms with van der Waals surface area (Å²) in [7, 11) is 0. The lowest BCUT2D eigenvalue weighted by molar-refractivity contribution is 0.229. The zero-order chi connectivity index (χ0) is 12.8. The van der Waals surface area contributed by atoms with E-state index in [1.807, 2.05) is 48.5 Å². The largest absolute Gasteiger partial charge is 0.489 e. The number of para-hydroxylation sites is 1. The third-order valence-electron chi connectivity index (χ3n) is 2.61. The molecule has 3 nitrogen and oxygen atoms in total. The maximum absolute atomic E-state index is 9.59. The van der Waals surface area contributed by atoms with Gasteiger partial charge in [0.1, 0.15) is 12.4 Å². The SMILES string of the molecule is N#C[C@H](O)c1ccccc1COc1ccccc1. The molecular formula is C15H13NO2. The predicted octanol–water partition coefficient (Wildman–Crippen LogP) is 2.82. The van der Waals surface area contributed by atoms with E-state index in [-0.39, 0.29) is 0 Å². The summed E-state index contributed by atoms with van der Waals surface area (Å²) in [6.07, 6.45) is -1.11. The minimum atomic E-state index is -1.11. The highest BCUT2D eigenvalue weighted by atomic mass is 16.5. The normalized spacial score (nSPS) is 11.6. The van der Waals surface area contributed by atoms with Crippen molar-refractivity contribution in [1.82, 2.24) is 0 Å². The molecule has 1 N–H and O–H groups in total. The lowest BCUT2D eigenvalue weighted by Gasteiger charge is -2.11. The molecule has 0 aliphatic rings. The summed E-state index contributed by atoms with van der Waals surface area (Å²) in [6.45, 7) is 0.332. The van der Waals surface area contributed by atoms with E-state index in [4.69, 9.17) is 10.00 Å². The van der Waals surface area contributed by atoms with E-state index in [0.29, 0.717) is 12.2 Å². The van der Waals surface area contributed by atoms with E-state index in [1.165, 1.54) is 0 Å². The van der Waals surface area contributed by atoms with Crippen LogP contribution in [0.25, 0.3) is 0 Å². The standard InChI is InChI=1S/C15H13NO2/c16-10-15(17)14-9-5-4-6-12(14)11-18-13-7-2-1-3-8-13/h1-9,15,17H,11H2/t15-/m0/s1. The molecular weight excluding hydrogens is 226 g/mol. The van der Waals surface area contributed by atoms with E-state index in [1.54, 1.807) is 12.1 Å². The van der Waals surface area contributed by atoms with Crippen LogP contribution in [0, 0.1) is 11.3 Å². The monoisotopic (exact) mass is 239 g/mol. The van der Waals surface area contributed by atoms with E-state index in [0.717, 1.165) is 11.3 Å². The van der Waals surface area contributed by atoms with Crippen LogP contribution >= 0.6 is 0 Å². The van der Waals surface area contributed by atoms with Crippen molar-refractivity contribution >= 4 is 0 Å². The van der Waals surface area contributed by atoms with Gasteiger partial charge >= 0.3 is 0 Å². The van der Waals surface area contributed by atoms with Crippen LogP contribution in [0.3, 0.4) is 0 Å². The topological polar surface area (TPSA) is 53.2 Å². The van der Waals surface area contributed by atoms with Crippen molar-refractivity contribution in [2.24, 2.45) is 0 Å². The molecule has 2 rings (SSSR count). The lowest BCUT2D eigenvalue weighted by atomic mass is 10.0. The second kappa shape index (κ2) is 5.85. The van der Waals surface area contributed by atoms with E-state index < -0.39 is 6.10 Å². The zero-order valence-corrected chi connectivity index (χ0v) is 9.78. The van der Waals surface area contributed by atoms with Crippen LogP contribution in [-0.2, 0) is 6.61 Å². The Morgan fingerprint density at radius 3 is 2.44 bits per heavy atom. The van der Waals surface area contributed by atoms with Crippen LogP contribution in [0.1, 0.15) is 17.2 Å². The highest BCUT2D eigenvalue weighted by molar-refractivity contribution is 5.32. The molecule has 0 heterocycles. The zero-order valence-electron chi connectivity index (χ0n) is 9.78. The first-order valence-electron chi connectivity index (χ1n) is 5.64. The van der Waals surface area contributed by atoms with E-state index in [9.17, 15) is 5.11 Å². The van der Waals surface area contributed by atoms with Gasteiger partial charge in [-0.25, -0.2) is 0 Å². The molecule has 0 radical (unpaired) electrons. The Labute approximate surface area is 106 Å². The average molecular weight is 239 g/mol. The van der Waals surface area contributed by atoms with Gasteiger partial charge in [0, 0.05) is 5.56 Å². The fraction of sp³-hybridized carbons (Fsp3) is 0.133. The number of aliphatic hydroxyl groups excluding tert-OH is 1. The molecule has 0 spiro atoms. The Kier molecular flexibility index (Phi) is 3.95. The summed E-state index contributed by atoms with van der Waals surface area (Å²) in [6, 6.07) is 18.5. The number of rotatable bonds is 4. The molecule has 0 saturated heterocycles. The molecule has 90 valence electrons.